The van der Waals surface area contributed by atoms with Crippen molar-refractivity contribution in [1.29, 1.82) is 0 Å². The van der Waals surface area contributed by atoms with Gasteiger partial charge in [-0.25, -0.2) is 0 Å². The molecular weight excluding hydrogens is 484 g/mol. The van der Waals surface area contributed by atoms with Gasteiger partial charge >= 0.3 is 17.9 Å². The average molecular weight is 521 g/mol. The van der Waals surface area contributed by atoms with Gasteiger partial charge in [0.15, 0.2) is 0 Å². The Morgan fingerprint density at radius 2 is 1.22 bits per heavy atom. The molecule has 0 fully saturated rings. The molecule has 0 atom stereocenters. The molecule has 11 heteroatoms. The summed E-state index contributed by atoms with van der Waals surface area (Å²) in [6.07, 6.45) is 0.223. The lowest BCUT2D eigenvalue weighted by atomic mass is 10.1. The molecule has 204 valence electrons. The number of rotatable bonds is 9. The number of esters is 1. The van der Waals surface area contributed by atoms with E-state index in [1.807, 2.05) is 0 Å². The normalized spacial score (nSPS) is 9.89. The van der Waals surface area contributed by atoms with Crippen LogP contribution >= 0.6 is 0 Å². The van der Waals surface area contributed by atoms with Crippen molar-refractivity contribution in [2.45, 2.75) is 39.2 Å². The molecule has 5 N–H and O–H groups in total. The number of carbonyl (C=O) groups is 4. The third-order valence-corrected chi connectivity index (χ3v) is 4.06. The number of benzene rings is 2. The summed E-state index contributed by atoms with van der Waals surface area (Å²) in [4.78, 5) is 42.2. The van der Waals surface area contributed by atoms with Gasteiger partial charge in [0.25, 0.3) is 0 Å². The Morgan fingerprint density at radius 1 is 0.784 bits per heavy atom. The molecule has 2 rings (SSSR count). The van der Waals surface area contributed by atoms with Crippen molar-refractivity contribution >= 4 is 23.8 Å². The highest BCUT2D eigenvalue weighted by Crippen LogP contribution is 2.12. The van der Waals surface area contributed by atoms with Crippen molar-refractivity contribution in [3.8, 4) is 11.5 Å². The molecule has 0 heterocycles. The smallest absolute Gasteiger partial charge is 0.322 e. The van der Waals surface area contributed by atoms with Crippen LogP contribution in [0, 0.1) is 0 Å². The van der Waals surface area contributed by atoms with E-state index < -0.39 is 17.5 Å². The Kier molecular flexibility index (Phi) is 15.4. The summed E-state index contributed by atoms with van der Waals surface area (Å²) in [5.74, 6) is -1.09. The molecule has 0 spiro atoms. The highest BCUT2D eigenvalue weighted by molar-refractivity contribution is 5.82. The predicted molar refractivity (Wildman–Crippen MR) is 137 cm³/mol. The van der Waals surface area contributed by atoms with Gasteiger partial charge in [-0.15, -0.1) is 0 Å². The quantitative estimate of drug-likeness (QED) is 0.358. The zero-order valence-electron chi connectivity index (χ0n) is 21.8. The second-order valence-corrected chi connectivity index (χ2v) is 8.40. The van der Waals surface area contributed by atoms with Gasteiger partial charge in [-0.2, -0.15) is 0 Å². The molecule has 0 bridgehead atoms. The monoisotopic (exact) mass is 520 g/mol. The Hall–Kier alpha value is -4.12. The first-order valence-electron chi connectivity index (χ1n) is 11.2. The minimum Gasteiger partial charge on any atom is -0.497 e. The van der Waals surface area contributed by atoms with Gasteiger partial charge < -0.3 is 35.5 Å². The van der Waals surface area contributed by atoms with Crippen molar-refractivity contribution in [3.05, 3.63) is 59.7 Å². The van der Waals surface area contributed by atoms with E-state index in [1.165, 1.54) is 0 Å². The van der Waals surface area contributed by atoms with Gasteiger partial charge in [0.1, 0.15) is 23.6 Å². The summed E-state index contributed by atoms with van der Waals surface area (Å²) >= 11 is 0. The first kappa shape index (κ1) is 32.9. The van der Waals surface area contributed by atoms with Gasteiger partial charge in [-0.3, -0.25) is 19.2 Å². The minimum atomic E-state index is -1.05. The molecule has 0 aliphatic heterocycles. The Bertz CT molecular complexity index is 983. The Morgan fingerprint density at radius 3 is 1.51 bits per heavy atom. The topological polar surface area (TPSA) is 174 Å². The average Bonchev–Trinajstić information content (AvgIpc) is 2.83. The number of aliphatic carboxylic acids is 2. The van der Waals surface area contributed by atoms with E-state index in [0.29, 0.717) is 0 Å². The molecule has 0 radical (unpaired) electrons. The van der Waals surface area contributed by atoms with Crippen molar-refractivity contribution in [1.82, 2.24) is 5.32 Å². The lowest BCUT2D eigenvalue weighted by molar-refractivity contribution is -0.153. The molecule has 0 saturated heterocycles. The number of amides is 1. The first-order chi connectivity index (χ1) is 17.3. The molecule has 11 nitrogen and oxygen atoms in total. The lowest BCUT2D eigenvalue weighted by Gasteiger charge is -2.18. The number of carboxylic acid groups (broad SMARTS) is 2. The second-order valence-electron chi connectivity index (χ2n) is 8.40. The van der Waals surface area contributed by atoms with Crippen LogP contribution in [0.15, 0.2) is 48.5 Å². The standard InChI is InChI=1S/C11H13NO4.C9H10O3.C6H13NO2/c1-16-9-4-2-8(3-5-9)6-10(13)12-7-11(14)15;1-12-8-4-2-7(3-5-8)6-9(10)11;1-6(2,3)9-5(8)4-7/h2-5H,6-7H2,1H3,(H,12,13)(H,14,15);2-5H,6H2,1H3,(H,10,11);4,7H2,1-3H3. The molecular formula is C26H36N2O9. The molecule has 1 amide bonds. The van der Waals surface area contributed by atoms with E-state index in [1.54, 1.807) is 83.5 Å². The van der Waals surface area contributed by atoms with Gasteiger partial charge in [-0.05, 0) is 56.2 Å². The van der Waals surface area contributed by atoms with Crippen LogP contribution in [-0.2, 0) is 36.8 Å². The number of carbonyl (C=O) groups excluding carboxylic acids is 2. The summed E-state index contributed by atoms with van der Waals surface area (Å²) in [6, 6.07) is 14.0. The van der Waals surface area contributed by atoms with E-state index in [-0.39, 0.29) is 37.8 Å². The zero-order valence-corrected chi connectivity index (χ0v) is 21.8. The summed E-state index contributed by atoms with van der Waals surface area (Å²) in [7, 11) is 3.14. The van der Waals surface area contributed by atoms with Crippen LogP contribution in [0.5, 0.6) is 11.5 Å². The number of hydrogen-bond donors (Lipinski definition) is 4. The maximum absolute atomic E-state index is 11.3. The van der Waals surface area contributed by atoms with Crippen LogP contribution in [0.3, 0.4) is 0 Å². The first-order valence-corrected chi connectivity index (χ1v) is 11.2. The number of nitrogens with one attached hydrogen (secondary N) is 1. The maximum Gasteiger partial charge on any atom is 0.322 e. The van der Waals surface area contributed by atoms with Crippen molar-refractivity contribution < 1.29 is 43.6 Å². The second kappa shape index (κ2) is 17.3. The lowest BCUT2D eigenvalue weighted by Crippen LogP contribution is -2.30. The van der Waals surface area contributed by atoms with Crippen molar-refractivity contribution in [2.75, 3.05) is 27.3 Å². The molecule has 0 aromatic heterocycles. The SMILES string of the molecule is CC(C)(C)OC(=O)CN.COc1ccc(CC(=O)NCC(=O)O)cc1.COc1ccc(CC(=O)O)cc1. The van der Waals surface area contributed by atoms with E-state index in [2.05, 4.69) is 5.32 Å². The molecule has 37 heavy (non-hydrogen) atoms. The highest BCUT2D eigenvalue weighted by atomic mass is 16.6. The molecule has 2 aromatic rings. The summed E-state index contributed by atoms with van der Waals surface area (Å²) in [5, 5.41) is 19.1. The summed E-state index contributed by atoms with van der Waals surface area (Å²) in [5.41, 5.74) is 6.19. The Labute approximate surface area is 216 Å². The summed E-state index contributed by atoms with van der Waals surface area (Å²) in [6.45, 7) is 5.02. The van der Waals surface area contributed by atoms with E-state index in [4.69, 9.17) is 30.2 Å². The minimum absolute atomic E-state index is 0.0444. The van der Waals surface area contributed by atoms with E-state index in [0.717, 1.165) is 22.6 Å². The van der Waals surface area contributed by atoms with E-state index in [9.17, 15) is 19.2 Å². The van der Waals surface area contributed by atoms with Crippen LogP contribution in [0.1, 0.15) is 31.9 Å². The van der Waals surface area contributed by atoms with E-state index >= 15 is 0 Å². The fraction of sp³-hybridized carbons (Fsp3) is 0.385. The number of methoxy groups -OCH3 is 2. The van der Waals surface area contributed by atoms with Crippen LogP contribution in [0.25, 0.3) is 0 Å². The largest absolute Gasteiger partial charge is 0.497 e. The van der Waals surface area contributed by atoms with Crippen LogP contribution in [-0.4, -0.2) is 66.9 Å². The third-order valence-electron chi connectivity index (χ3n) is 4.06. The fourth-order valence-electron chi connectivity index (χ4n) is 2.47. The summed E-state index contributed by atoms with van der Waals surface area (Å²) < 4.78 is 14.7. The number of ether oxygens (including phenoxy) is 3. The van der Waals surface area contributed by atoms with Gasteiger partial charge in [0.05, 0.1) is 33.6 Å². The van der Waals surface area contributed by atoms with Crippen molar-refractivity contribution in [2.24, 2.45) is 5.73 Å². The van der Waals surface area contributed by atoms with Crippen molar-refractivity contribution in [3.63, 3.8) is 0 Å². The molecule has 0 unspecified atom stereocenters. The molecule has 0 saturated carbocycles. The van der Waals surface area contributed by atoms with Crippen LogP contribution < -0.4 is 20.5 Å². The zero-order chi connectivity index (χ0) is 28.4. The van der Waals surface area contributed by atoms with Gasteiger partial charge in [0.2, 0.25) is 5.91 Å². The molecule has 2 aromatic carbocycles. The fourth-order valence-corrected chi connectivity index (χ4v) is 2.47. The third kappa shape index (κ3) is 17.9. The van der Waals surface area contributed by atoms with Gasteiger partial charge in [-0.1, -0.05) is 24.3 Å². The number of carboxylic acids is 2. The van der Waals surface area contributed by atoms with Crippen LogP contribution in [0.4, 0.5) is 0 Å². The number of hydrogen-bond acceptors (Lipinski definition) is 8. The highest BCUT2D eigenvalue weighted by Gasteiger charge is 2.14. The maximum atomic E-state index is 11.3. The molecule has 0 aliphatic rings. The Balaban J connectivity index is 0.000000550. The predicted octanol–water partition coefficient (Wildman–Crippen LogP) is 2.05. The molecule has 0 aliphatic carbocycles. The number of nitrogens with two attached hydrogens (primary N) is 1. The van der Waals surface area contributed by atoms with Crippen LogP contribution in [0.2, 0.25) is 0 Å². The van der Waals surface area contributed by atoms with Gasteiger partial charge in [0, 0.05) is 0 Å².